The van der Waals surface area contributed by atoms with Crippen molar-refractivity contribution in [3.8, 4) is 0 Å². The summed E-state index contributed by atoms with van der Waals surface area (Å²) in [5.41, 5.74) is 13.0. The van der Waals surface area contributed by atoms with Crippen LogP contribution in [0, 0.1) is 0 Å². The number of rotatable bonds is 5. The number of thiol groups is 1. The van der Waals surface area contributed by atoms with Crippen LogP contribution in [0.2, 0.25) is 0 Å². The molecule has 0 saturated heterocycles. The van der Waals surface area contributed by atoms with Crippen LogP contribution in [0.25, 0.3) is 0 Å². The van der Waals surface area contributed by atoms with Crippen molar-refractivity contribution < 1.29 is 9.59 Å². The monoisotopic (exact) mass is 330 g/mol. The third kappa shape index (κ3) is 4.48. The standard InChI is InChI=1S/C16H18N4O2S/c17-14(11-4-2-1-3-5-11)10-19-16(22)20(23)13-8-6-12(7-9-13)15(18)21/h1-9,14,23H,10,17H2,(H2,18,21)(H,19,22). The molecule has 0 aliphatic rings. The van der Waals surface area contributed by atoms with Gasteiger partial charge in [-0.1, -0.05) is 43.1 Å². The summed E-state index contributed by atoms with van der Waals surface area (Å²) in [5.74, 6) is -0.527. The van der Waals surface area contributed by atoms with Gasteiger partial charge < -0.3 is 16.8 Å². The van der Waals surface area contributed by atoms with E-state index >= 15 is 0 Å². The first-order chi connectivity index (χ1) is 11.0. The second-order valence-electron chi connectivity index (χ2n) is 4.93. The number of nitrogens with two attached hydrogens (primary N) is 2. The van der Waals surface area contributed by atoms with Gasteiger partial charge in [-0.25, -0.2) is 9.10 Å². The normalized spacial score (nSPS) is 11.6. The molecule has 0 spiro atoms. The molecule has 0 saturated carbocycles. The van der Waals surface area contributed by atoms with Crippen LogP contribution in [0.1, 0.15) is 22.0 Å². The fourth-order valence-corrected chi connectivity index (χ4v) is 2.18. The molecule has 0 fully saturated rings. The number of nitrogens with zero attached hydrogens (tertiary/aromatic N) is 1. The molecule has 2 rings (SSSR count). The molecule has 3 amide bonds. The van der Waals surface area contributed by atoms with Gasteiger partial charge in [0.2, 0.25) is 5.91 Å². The molecule has 23 heavy (non-hydrogen) atoms. The van der Waals surface area contributed by atoms with Gasteiger partial charge in [0.25, 0.3) is 0 Å². The molecule has 0 bridgehead atoms. The van der Waals surface area contributed by atoms with Crippen molar-refractivity contribution in [1.29, 1.82) is 0 Å². The van der Waals surface area contributed by atoms with Gasteiger partial charge in [-0.05, 0) is 29.8 Å². The molecular weight excluding hydrogens is 312 g/mol. The van der Waals surface area contributed by atoms with Crippen molar-refractivity contribution >= 4 is 30.4 Å². The minimum Gasteiger partial charge on any atom is -0.366 e. The molecule has 0 aliphatic carbocycles. The highest BCUT2D eigenvalue weighted by Crippen LogP contribution is 2.17. The summed E-state index contributed by atoms with van der Waals surface area (Å²) in [6, 6.07) is 15.0. The van der Waals surface area contributed by atoms with E-state index in [-0.39, 0.29) is 12.6 Å². The van der Waals surface area contributed by atoms with Crippen molar-refractivity contribution in [3.63, 3.8) is 0 Å². The third-order valence-electron chi connectivity index (χ3n) is 3.29. The van der Waals surface area contributed by atoms with Gasteiger partial charge in [0.1, 0.15) is 0 Å². The molecule has 6 nitrogen and oxygen atoms in total. The maximum Gasteiger partial charge on any atom is 0.331 e. The predicted octanol–water partition coefficient (Wildman–Crippen LogP) is 1.85. The van der Waals surface area contributed by atoms with E-state index in [0.29, 0.717) is 11.3 Å². The van der Waals surface area contributed by atoms with Crippen LogP contribution in [0.4, 0.5) is 10.5 Å². The van der Waals surface area contributed by atoms with E-state index in [2.05, 4.69) is 18.1 Å². The van der Waals surface area contributed by atoms with Gasteiger partial charge in [-0.2, -0.15) is 0 Å². The minimum absolute atomic E-state index is 0.277. The summed E-state index contributed by atoms with van der Waals surface area (Å²) in [6.45, 7) is 0.277. The maximum absolute atomic E-state index is 12.1. The van der Waals surface area contributed by atoms with E-state index in [4.69, 9.17) is 11.5 Å². The number of anilines is 1. The average Bonchev–Trinajstić information content (AvgIpc) is 2.59. The lowest BCUT2D eigenvalue weighted by Gasteiger charge is -2.19. The lowest BCUT2D eigenvalue weighted by molar-refractivity contribution is 0.100. The van der Waals surface area contributed by atoms with Crippen LogP contribution in [0.15, 0.2) is 54.6 Å². The molecule has 1 atom stereocenters. The van der Waals surface area contributed by atoms with Crippen molar-refractivity contribution in [2.75, 3.05) is 10.8 Å². The van der Waals surface area contributed by atoms with Crippen molar-refractivity contribution in [1.82, 2.24) is 5.32 Å². The molecule has 2 aromatic rings. The van der Waals surface area contributed by atoms with Gasteiger partial charge in [-0.15, -0.1) is 0 Å². The van der Waals surface area contributed by atoms with Gasteiger partial charge in [0.15, 0.2) is 0 Å². The van der Waals surface area contributed by atoms with Gasteiger partial charge in [0, 0.05) is 18.2 Å². The molecule has 0 radical (unpaired) electrons. The van der Waals surface area contributed by atoms with E-state index in [1.165, 1.54) is 12.1 Å². The smallest absolute Gasteiger partial charge is 0.331 e. The second-order valence-corrected chi connectivity index (χ2v) is 5.33. The first kappa shape index (κ1) is 16.9. The van der Waals surface area contributed by atoms with Gasteiger partial charge >= 0.3 is 6.03 Å². The van der Waals surface area contributed by atoms with Crippen molar-refractivity contribution in [2.45, 2.75) is 6.04 Å². The number of urea groups is 1. The van der Waals surface area contributed by atoms with E-state index in [1.54, 1.807) is 12.1 Å². The molecule has 0 aliphatic heterocycles. The number of primary amides is 1. The number of hydrogen-bond donors (Lipinski definition) is 4. The zero-order valence-corrected chi connectivity index (χ0v) is 13.2. The van der Waals surface area contributed by atoms with Crippen molar-refractivity contribution in [2.24, 2.45) is 11.5 Å². The fraction of sp³-hybridized carbons (Fsp3) is 0.125. The molecule has 5 N–H and O–H groups in total. The first-order valence-corrected chi connectivity index (χ1v) is 7.36. The van der Waals surface area contributed by atoms with Crippen molar-refractivity contribution in [3.05, 3.63) is 65.7 Å². The molecule has 2 aromatic carbocycles. The van der Waals surface area contributed by atoms with Crippen LogP contribution in [0.3, 0.4) is 0 Å². The third-order valence-corrected chi connectivity index (χ3v) is 3.70. The SMILES string of the molecule is NC(=O)c1ccc(N(S)C(=O)NCC(N)c2ccccc2)cc1. The van der Waals surface area contributed by atoms with E-state index < -0.39 is 11.9 Å². The zero-order valence-electron chi connectivity index (χ0n) is 12.3. The summed E-state index contributed by atoms with van der Waals surface area (Å²) < 4.78 is 1.14. The highest BCUT2D eigenvalue weighted by atomic mass is 32.1. The summed E-state index contributed by atoms with van der Waals surface area (Å²) in [5, 5.41) is 2.71. The van der Waals surface area contributed by atoms with Crippen LogP contribution < -0.4 is 21.1 Å². The number of benzene rings is 2. The van der Waals surface area contributed by atoms with Gasteiger partial charge in [0.05, 0.1) is 5.69 Å². The Balaban J connectivity index is 1.93. The molecule has 0 aromatic heterocycles. The first-order valence-electron chi connectivity index (χ1n) is 6.96. The molecular formula is C16H18N4O2S. The lowest BCUT2D eigenvalue weighted by atomic mass is 10.1. The van der Waals surface area contributed by atoms with Gasteiger partial charge in [-0.3, -0.25) is 4.79 Å². The topological polar surface area (TPSA) is 101 Å². The summed E-state index contributed by atoms with van der Waals surface area (Å²) in [6.07, 6.45) is 0. The van der Waals surface area contributed by atoms with E-state index in [0.717, 1.165) is 9.87 Å². The number of hydrogen-bond acceptors (Lipinski definition) is 4. The van der Waals surface area contributed by atoms with E-state index in [1.807, 2.05) is 30.3 Å². The Morgan fingerprint density at radius 1 is 1.09 bits per heavy atom. The van der Waals surface area contributed by atoms with Crippen LogP contribution in [0.5, 0.6) is 0 Å². The molecule has 1 unspecified atom stereocenters. The Labute approximate surface area is 140 Å². The van der Waals surface area contributed by atoms with Crippen LogP contribution in [-0.2, 0) is 0 Å². The average molecular weight is 330 g/mol. The predicted molar refractivity (Wildman–Crippen MR) is 93.2 cm³/mol. The van der Waals surface area contributed by atoms with Crippen LogP contribution >= 0.6 is 12.8 Å². The Morgan fingerprint density at radius 3 is 2.26 bits per heavy atom. The van der Waals surface area contributed by atoms with Crippen LogP contribution in [-0.4, -0.2) is 18.5 Å². The Bertz CT molecular complexity index is 676. The molecule has 0 heterocycles. The zero-order chi connectivity index (χ0) is 16.8. The number of amides is 3. The summed E-state index contributed by atoms with van der Waals surface area (Å²) in [4.78, 5) is 23.1. The largest absolute Gasteiger partial charge is 0.366 e. The number of carbonyl (C=O) groups excluding carboxylic acids is 2. The van der Waals surface area contributed by atoms with E-state index in [9.17, 15) is 9.59 Å². The Kier molecular flexibility index (Phi) is 5.61. The minimum atomic E-state index is -0.527. The Morgan fingerprint density at radius 2 is 1.70 bits per heavy atom. The maximum atomic E-state index is 12.1. The number of nitrogens with one attached hydrogen (secondary N) is 1. The highest BCUT2D eigenvalue weighted by Gasteiger charge is 2.14. The number of carbonyl (C=O) groups is 2. The summed E-state index contributed by atoms with van der Waals surface area (Å²) >= 11 is 4.15. The Hall–Kier alpha value is -2.51. The second kappa shape index (κ2) is 7.66. The highest BCUT2D eigenvalue weighted by molar-refractivity contribution is 7.82. The summed E-state index contributed by atoms with van der Waals surface area (Å²) in [7, 11) is 0. The lowest BCUT2D eigenvalue weighted by Crippen LogP contribution is -2.38. The molecule has 7 heteroatoms. The fourth-order valence-electron chi connectivity index (χ4n) is 1.97. The molecule has 120 valence electrons. The quantitative estimate of drug-likeness (QED) is 0.629.